The monoisotopic (exact) mass is 344 g/mol. The maximum Gasteiger partial charge on any atom is 0.355 e. The molecule has 0 atom stereocenters. The second-order valence-electron chi connectivity index (χ2n) is 6.73. The molecule has 134 valence electrons. The van der Waals surface area contributed by atoms with Crippen molar-refractivity contribution in [3.8, 4) is 0 Å². The van der Waals surface area contributed by atoms with Gasteiger partial charge in [0.25, 0.3) is 0 Å². The molecule has 0 radical (unpaired) electrons. The lowest BCUT2D eigenvalue weighted by Crippen LogP contribution is -2.40. The molecule has 1 aromatic carbocycles. The number of rotatable bonds is 6. The molecule has 1 heterocycles. The molecule has 8 heteroatoms. The summed E-state index contributed by atoms with van der Waals surface area (Å²) in [7, 11) is 0. The summed E-state index contributed by atoms with van der Waals surface area (Å²) in [5, 5.41) is 11.7. The van der Waals surface area contributed by atoms with Crippen LogP contribution in [-0.2, 0) is 0 Å². The van der Waals surface area contributed by atoms with Gasteiger partial charge in [-0.05, 0) is 52.3 Å². The molecule has 8 nitrogen and oxygen atoms in total. The van der Waals surface area contributed by atoms with Gasteiger partial charge in [-0.25, -0.2) is 15.4 Å². The predicted octanol–water partition coefficient (Wildman–Crippen LogP) is 3.57. The Morgan fingerprint density at radius 1 is 1.28 bits per heavy atom. The van der Waals surface area contributed by atoms with Gasteiger partial charge in [-0.2, -0.15) is 0 Å². The van der Waals surface area contributed by atoms with Crippen molar-refractivity contribution in [2.24, 2.45) is 0 Å². The molecule has 0 aliphatic rings. The third kappa shape index (κ3) is 4.63. The molecule has 25 heavy (non-hydrogen) atoms. The zero-order chi connectivity index (χ0) is 18.6. The zero-order valence-corrected chi connectivity index (χ0v) is 15.2. The van der Waals surface area contributed by atoms with Crippen LogP contribution >= 0.6 is 0 Å². The van der Waals surface area contributed by atoms with Crippen molar-refractivity contribution < 1.29 is 4.92 Å². The number of aromatic nitrogens is 2. The van der Waals surface area contributed by atoms with E-state index in [2.05, 4.69) is 20.8 Å². The fourth-order valence-corrected chi connectivity index (χ4v) is 2.32. The van der Waals surface area contributed by atoms with Gasteiger partial charge in [0.1, 0.15) is 6.33 Å². The van der Waals surface area contributed by atoms with Crippen molar-refractivity contribution >= 4 is 23.0 Å². The first-order chi connectivity index (χ1) is 11.7. The van der Waals surface area contributed by atoms with Gasteiger partial charge in [-0.15, -0.1) is 0 Å². The Morgan fingerprint density at radius 2 is 2.00 bits per heavy atom. The molecule has 0 saturated carbocycles. The first-order valence-electron chi connectivity index (χ1n) is 8.09. The summed E-state index contributed by atoms with van der Waals surface area (Å²) in [5.41, 5.74) is 7.32. The average Bonchev–Trinajstić information content (AvgIpc) is 2.53. The van der Waals surface area contributed by atoms with Crippen molar-refractivity contribution in [1.29, 1.82) is 0 Å². The molecule has 0 fully saturated rings. The van der Waals surface area contributed by atoms with Crippen LogP contribution in [0.4, 0.5) is 23.0 Å². The molecule has 0 aliphatic heterocycles. The summed E-state index contributed by atoms with van der Waals surface area (Å²) in [6.07, 6.45) is 1.33. The van der Waals surface area contributed by atoms with Crippen LogP contribution in [-0.4, -0.2) is 27.0 Å². The van der Waals surface area contributed by atoms with Gasteiger partial charge in [0.2, 0.25) is 11.6 Å². The van der Waals surface area contributed by atoms with E-state index in [9.17, 15) is 10.1 Å². The van der Waals surface area contributed by atoms with E-state index in [0.29, 0.717) is 6.54 Å². The van der Waals surface area contributed by atoms with Crippen molar-refractivity contribution in [3.63, 3.8) is 0 Å². The van der Waals surface area contributed by atoms with E-state index in [1.165, 1.54) is 6.33 Å². The van der Waals surface area contributed by atoms with Crippen LogP contribution in [0.1, 0.15) is 33.3 Å². The van der Waals surface area contributed by atoms with Gasteiger partial charge >= 0.3 is 5.69 Å². The van der Waals surface area contributed by atoms with Gasteiger partial charge in [0.05, 0.1) is 4.92 Å². The predicted molar refractivity (Wildman–Crippen MR) is 99.1 cm³/mol. The van der Waals surface area contributed by atoms with E-state index in [-0.39, 0.29) is 22.9 Å². The van der Waals surface area contributed by atoms with Crippen molar-refractivity contribution in [2.75, 3.05) is 16.9 Å². The number of hydrogen-bond donors (Lipinski definition) is 2. The van der Waals surface area contributed by atoms with Crippen LogP contribution in [0.2, 0.25) is 0 Å². The number of aryl methyl sites for hydroxylation is 1. The lowest BCUT2D eigenvalue weighted by atomic mass is 10.1. The van der Waals surface area contributed by atoms with Gasteiger partial charge in [-0.3, -0.25) is 15.5 Å². The Bertz CT molecular complexity index is 757. The van der Waals surface area contributed by atoms with Crippen molar-refractivity contribution in [3.05, 3.63) is 46.3 Å². The molecule has 0 spiro atoms. The number of nitrogens with zero attached hydrogens (tertiary/aromatic N) is 4. The van der Waals surface area contributed by atoms with E-state index in [4.69, 9.17) is 0 Å². The fraction of sp³-hybridized carbons (Fsp3) is 0.412. The zero-order valence-electron chi connectivity index (χ0n) is 15.2. The third-order valence-electron chi connectivity index (χ3n) is 3.43. The molecule has 0 unspecified atom stereocenters. The molecule has 0 bridgehead atoms. The van der Waals surface area contributed by atoms with Crippen LogP contribution in [0, 0.1) is 17.0 Å². The number of hydrogen-bond acceptors (Lipinski definition) is 7. The van der Waals surface area contributed by atoms with E-state index in [1.807, 2.05) is 58.9 Å². The minimum Gasteiger partial charge on any atom is -0.321 e. The summed E-state index contributed by atoms with van der Waals surface area (Å²) in [5.74, 6) is 0.391. The molecule has 0 amide bonds. The Balaban J connectivity index is 2.50. The van der Waals surface area contributed by atoms with Crippen molar-refractivity contribution in [1.82, 2.24) is 15.4 Å². The molecule has 2 N–H and O–H groups in total. The molecule has 0 aliphatic carbocycles. The van der Waals surface area contributed by atoms with Gasteiger partial charge in [0, 0.05) is 17.8 Å². The number of anilines is 3. The number of benzene rings is 1. The Morgan fingerprint density at radius 3 is 2.56 bits per heavy atom. The van der Waals surface area contributed by atoms with Crippen LogP contribution in [0.5, 0.6) is 0 Å². The smallest absolute Gasteiger partial charge is 0.321 e. The molecule has 2 aromatic rings. The maximum atomic E-state index is 11.7. The Labute approximate surface area is 147 Å². The number of hydrazine groups is 1. The van der Waals surface area contributed by atoms with Crippen LogP contribution in [0.25, 0.3) is 0 Å². The Kier molecular flexibility index (Phi) is 5.53. The number of nitro groups is 1. The lowest BCUT2D eigenvalue weighted by Gasteiger charge is -2.24. The largest absolute Gasteiger partial charge is 0.355 e. The quantitative estimate of drug-likeness (QED) is 0.611. The standard InChI is InChI=1S/C17H24N6O2/c1-6-22(13-9-7-8-12(2)10-13)16-14(23(24)25)15(18-11-19-16)20-21-17(3,4)5/h7-11,21H,6H2,1-5H3,(H,18,19,20). The minimum absolute atomic E-state index is 0.135. The SMILES string of the molecule is CCN(c1cccc(C)c1)c1ncnc(NNC(C)(C)C)c1[N+](=O)[O-]. The summed E-state index contributed by atoms with van der Waals surface area (Å²) in [6.45, 7) is 10.3. The lowest BCUT2D eigenvalue weighted by molar-refractivity contribution is -0.383. The summed E-state index contributed by atoms with van der Waals surface area (Å²) < 4.78 is 0. The van der Waals surface area contributed by atoms with E-state index in [1.54, 1.807) is 4.90 Å². The summed E-state index contributed by atoms with van der Waals surface area (Å²) >= 11 is 0. The van der Waals surface area contributed by atoms with E-state index < -0.39 is 4.92 Å². The molecule has 1 aromatic heterocycles. The van der Waals surface area contributed by atoms with E-state index >= 15 is 0 Å². The molecular weight excluding hydrogens is 320 g/mol. The molecule has 0 saturated heterocycles. The maximum absolute atomic E-state index is 11.7. The highest BCUT2D eigenvalue weighted by Crippen LogP contribution is 2.35. The third-order valence-corrected chi connectivity index (χ3v) is 3.43. The van der Waals surface area contributed by atoms with E-state index in [0.717, 1.165) is 11.3 Å². The van der Waals surface area contributed by atoms with Gasteiger partial charge in [0.15, 0.2) is 0 Å². The summed E-state index contributed by atoms with van der Waals surface area (Å²) in [4.78, 5) is 21.3. The highest BCUT2D eigenvalue weighted by molar-refractivity contribution is 5.75. The first-order valence-corrected chi connectivity index (χ1v) is 8.09. The van der Waals surface area contributed by atoms with Crippen LogP contribution in [0.3, 0.4) is 0 Å². The molecule has 2 rings (SSSR count). The van der Waals surface area contributed by atoms with Crippen molar-refractivity contribution in [2.45, 2.75) is 40.2 Å². The van der Waals surface area contributed by atoms with Crippen LogP contribution in [0.15, 0.2) is 30.6 Å². The normalized spacial score (nSPS) is 11.2. The minimum atomic E-state index is -0.458. The molecular formula is C17H24N6O2. The highest BCUT2D eigenvalue weighted by Gasteiger charge is 2.28. The van der Waals surface area contributed by atoms with Gasteiger partial charge < -0.3 is 4.90 Å². The second kappa shape index (κ2) is 7.43. The fourth-order valence-electron chi connectivity index (χ4n) is 2.32. The second-order valence-corrected chi connectivity index (χ2v) is 6.73. The summed E-state index contributed by atoms with van der Waals surface area (Å²) in [6, 6.07) is 7.77. The van der Waals surface area contributed by atoms with Gasteiger partial charge in [-0.1, -0.05) is 12.1 Å². The first kappa shape index (κ1) is 18.6. The van der Waals surface area contributed by atoms with Crippen LogP contribution < -0.4 is 15.8 Å². The number of nitrogens with one attached hydrogen (secondary N) is 2. The topological polar surface area (TPSA) is 96.2 Å². The highest BCUT2D eigenvalue weighted by atomic mass is 16.6. The average molecular weight is 344 g/mol. The Hall–Kier alpha value is -2.74.